The molecule has 1 aliphatic heterocycles. The number of nitrogens with one attached hydrogen (secondary N) is 1. The first-order valence-corrected chi connectivity index (χ1v) is 9.87. The summed E-state index contributed by atoms with van der Waals surface area (Å²) in [5.41, 5.74) is 1.39. The Morgan fingerprint density at radius 2 is 1.96 bits per heavy atom. The minimum atomic E-state index is -0.297. The molecular formula is C21H29FN2O2. The maximum Gasteiger partial charge on any atom is 0.225 e. The average Bonchev–Trinajstić information content (AvgIpc) is 3.17. The predicted octanol–water partition coefficient (Wildman–Crippen LogP) is 4.28. The normalized spacial score (nSPS) is 21.0. The van der Waals surface area contributed by atoms with Crippen LogP contribution in [-0.2, 0) is 9.59 Å². The number of rotatable bonds is 5. The average molecular weight is 360 g/mol. The number of nitrogens with zero attached hydrogens (tertiary/aromatic N) is 1. The second-order valence-corrected chi connectivity index (χ2v) is 7.82. The van der Waals surface area contributed by atoms with Crippen LogP contribution in [0.2, 0.25) is 0 Å². The van der Waals surface area contributed by atoms with Crippen LogP contribution >= 0.6 is 0 Å². The lowest BCUT2D eigenvalue weighted by molar-refractivity contribution is -0.137. The number of hydrogen-bond acceptors (Lipinski definition) is 2. The fourth-order valence-corrected chi connectivity index (χ4v) is 4.25. The standard InChI is InChI=1S/C21H29FN2O2/c1-15-13-18(22)9-10-19(15)23-20(25)11-8-16-5-4-12-24(14-16)21(26)17-6-2-3-7-17/h9-10,13,16-17H,2-8,11-12,14H2,1H3,(H,23,25). The summed E-state index contributed by atoms with van der Waals surface area (Å²) in [5, 5.41) is 2.87. The molecule has 1 aromatic carbocycles. The number of carbonyl (C=O) groups is 2. The van der Waals surface area contributed by atoms with Crippen molar-refractivity contribution < 1.29 is 14.0 Å². The maximum absolute atomic E-state index is 13.1. The summed E-state index contributed by atoms with van der Waals surface area (Å²) < 4.78 is 13.1. The van der Waals surface area contributed by atoms with Crippen LogP contribution in [0.25, 0.3) is 0 Å². The van der Waals surface area contributed by atoms with Crippen LogP contribution in [0.4, 0.5) is 10.1 Å². The van der Waals surface area contributed by atoms with E-state index in [2.05, 4.69) is 5.32 Å². The molecule has 5 heteroatoms. The summed E-state index contributed by atoms with van der Waals surface area (Å²) in [6, 6.07) is 4.38. The third-order valence-corrected chi connectivity index (χ3v) is 5.78. The molecule has 142 valence electrons. The largest absolute Gasteiger partial charge is 0.342 e. The van der Waals surface area contributed by atoms with E-state index in [4.69, 9.17) is 0 Å². The second kappa shape index (κ2) is 8.65. The Balaban J connectivity index is 1.46. The molecule has 1 unspecified atom stereocenters. The molecule has 4 nitrogen and oxygen atoms in total. The van der Waals surface area contributed by atoms with Crippen molar-refractivity contribution in [3.05, 3.63) is 29.6 Å². The van der Waals surface area contributed by atoms with Gasteiger partial charge in [-0.3, -0.25) is 9.59 Å². The van der Waals surface area contributed by atoms with E-state index in [1.807, 2.05) is 4.90 Å². The Morgan fingerprint density at radius 3 is 2.69 bits per heavy atom. The number of halogens is 1. The van der Waals surface area contributed by atoms with E-state index in [9.17, 15) is 14.0 Å². The van der Waals surface area contributed by atoms with Gasteiger partial charge >= 0.3 is 0 Å². The maximum atomic E-state index is 13.1. The van der Waals surface area contributed by atoms with Crippen LogP contribution in [0.5, 0.6) is 0 Å². The molecule has 0 aromatic heterocycles. The number of amides is 2. The van der Waals surface area contributed by atoms with E-state index >= 15 is 0 Å². The smallest absolute Gasteiger partial charge is 0.225 e. The Morgan fingerprint density at radius 1 is 1.19 bits per heavy atom. The zero-order valence-corrected chi connectivity index (χ0v) is 15.6. The van der Waals surface area contributed by atoms with Crippen LogP contribution in [-0.4, -0.2) is 29.8 Å². The minimum absolute atomic E-state index is 0.0426. The predicted molar refractivity (Wildman–Crippen MR) is 100 cm³/mol. The van der Waals surface area contributed by atoms with Gasteiger partial charge in [-0.25, -0.2) is 4.39 Å². The summed E-state index contributed by atoms with van der Waals surface area (Å²) in [7, 11) is 0. The van der Waals surface area contributed by atoms with Crippen LogP contribution < -0.4 is 5.32 Å². The SMILES string of the molecule is Cc1cc(F)ccc1NC(=O)CCC1CCCN(C(=O)C2CCCC2)C1. The molecule has 0 spiro atoms. The van der Waals surface area contributed by atoms with Crippen molar-refractivity contribution >= 4 is 17.5 Å². The molecule has 3 rings (SSSR count). The first kappa shape index (κ1) is 18.9. The molecule has 1 N–H and O–H groups in total. The first-order chi connectivity index (χ1) is 12.5. The Kier molecular flexibility index (Phi) is 6.28. The molecule has 1 atom stereocenters. The quantitative estimate of drug-likeness (QED) is 0.852. The van der Waals surface area contributed by atoms with Gasteiger partial charge in [-0.2, -0.15) is 0 Å². The van der Waals surface area contributed by atoms with E-state index in [1.54, 1.807) is 13.0 Å². The number of anilines is 1. The third kappa shape index (κ3) is 4.83. The topological polar surface area (TPSA) is 49.4 Å². The molecular weight excluding hydrogens is 331 g/mol. The monoisotopic (exact) mass is 360 g/mol. The molecule has 2 amide bonds. The summed E-state index contributed by atoms with van der Waals surface area (Å²) >= 11 is 0. The highest BCUT2D eigenvalue weighted by molar-refractivity contribution is 5.91. The zero-order valence-electron chi connectivity index (χ0n) is 15.6. The number of hydrogen-bond donors (Lipinski definition) is 1. The van der Waals surface area contributed by atoms with Gasteiger partial charge in [-0.15, -0.1) is 0 Å². The lowest BCUT2D eigenvalue weighted by atomic mass is 9.92. The van der Waals surface area contributed by atoms with Crippen molar-refractivity contribution in [1.82, 2.24) is 4.90 Å². The Bertz CT molecular complexity index is 655. The highest BCUT2D eigenvalue weighted by Gasteiger charge is 2.30. The molecule has 1 aliphatic carbocycles. The van der Waals surface area contributed by atoms with Gasteiger partial charge in [0.05, 0.1) is 0 Å². The number of carbonyl (C=O) groups excluding carboxylic acids is 2. The molecule has 1 saturated carbocycles. The van der Waals surface area contributed by atoms with Crippen LogP contribution in [0.15, 0.2) is 18.2 Å². The van der Waals surface area contributed by atoms with Gasteiger partial charge in [0.2, 0.25) is 11.8 Å². The van der Waals surface area contributed by atoms with Crippen molar-refractivity contribution in [3.63, 3.8) is 0 Å². The summed E-state index contributed by atoms with van der Waals surface area (Å²) in [5.74, 6) is 0.625. The molecule has 1 aromatic rings. The second-order valence-electron chi connectivity index (χ2n) is 7.82. The van der Waals surface area contributed by atoms with Crippen molar-refractivity contribution in [1.29, 1.82) is 0 Å². The zero-order chi connectivity index (χ0) is 18.5. The highest BCUT2D eigenvalue weighted by atomic mass is 19.1. The van der Waals surface area contributed by atoms with Gasteiger partial charge in [0.1, 0.15) is 5.82 Å². The Hall–Kier alpha value is -1.91. The lowest BCUT2D eigenvalue weighted by Crippen LogP contribution is -2.42. The fourth-order valence-electron chi connectivity index (χ4n) is 4.25. The van der Waals surface area contributed by atoms with Crippen LogP contribution in [0, 0.1) is 24.6 Å². The van der Waals surface area contributed by atoms with Gasteiger partial charge in [0.25, 0.3) is 0 Å². The van der Waals surface area contributed by atoms with Crippen molar-refractivity contribution in [2.45, 2.75) is 58.3 Å². The number of benzene rings is 1. The number of aryl methyl sites for hydroxylation is 1. The third-order valence-electron chi connectivity index (χ3n) is 5.78. The van der Waals surface area contributed by atoms with E-state index in [0.29, 0.717) is 23.9 Å². The number of piperidine rings is 1. The molecule has 1 saturated heterocycles. The molecule has 0 radical (unpaired) electrons. The summed E-state index contributed by atoms with van der Waals surface area (Å²) in [4.78, 5) is 26.9. The van der Waals surface area contributed by atoms with Gasteiger partial charge in [0, 0.05) is 31.1 Å². The first-order valence-electron chi connectivity index (χ1n) is 9.87. The lowest BCUT2D eigenvalue weighted by Gasteiger charge is -2.34. The molecule has 2 aliphatic rings. The molecule has 1 heterocycles. The van der Waals surface area contributed by atoms with Gasteiger partial charge < -0.3 is 10.2 Å². The van der Waals surface area contributed by atoms with E-state index in [0.717, 1.165) is 50.8 Å². The van der Waals surface area contributed by atoms with Crippen LogP contribution in [0.3, 0.4) is 0 Å². The molecule has 2 fully saturated rings. The van der Waals surface area contributed by atoms with Crippen molar-refractivity contribution in [2.24, 2.45) is 11.8 Å². The molecule has 0 bridgehead atoms. The van der Waals surface area contributed by atoms with Gasteiger partial charge in [-0.1, -0.05) is 12.8 Å². The van der Waals surface area contributed by atoms with Gasteiger partial charge in [-0.05, 0) is 68.7 Å². The van der Waals surface area contributed by atoms with E-state index < -0.39 is 0 Å². The minimum Gasteiger partial charge on any atom is -0.342 e. The van der Waals surface area contributed by atoms with E-state index in [1.165, 1.54) is 25.0 Å². The van der Waals surface area contributed by atoms with Crippen molar-refractivity contribution in [2.75, 3.05) is 18.4 Å². The highest BCUT2D eigenvalue weighted by Crippen LogP contribution is 2.29. The van der Waals surface area contributed by atoms with Gasteiger partial charge in [0.15, 0.2) is 0 Å². The Labute approximate surface area is 155 Å². The van der Waals surface area contributed by atoms with E-state index in [-0.39, 0.29) is 17.6 Å². The molecule has 26 heavy (non-hydrogen) atoms. The van der Waals surface area contributed by atoms with Crippen LogP contribution in [0.1, 0.15) is 56.9 Å². The fraction of sp³-hybridized carbons (Fsp3) is 0.619. The number of likely N-dealkylation sites (tertiary alicyclic amines) is 1. The van der Waals surface area contributed by atoms with Crippen molar-refractivity contribution in [3.8, 4) is 0 Å². The summed E-state index contributed by atoms with van der Waals surface area (Å²) in [6.45, 7) is 3.44. The summed E-state index contributed by atoms with van der Waals surface area (Å²) in [6.07, 6.45) is 7.78.